The van der Waals surface area contributed by atoms with Gasteiger partial charge in [0.25, 0.3) is 0 Å². The van der Waals surface area contributed by atoms with E-state index in [1.807, 2.05) is 48.5 Å². The molecule has 1 heterocycles. The number of amides is 1. The molecule has 1 aliphatic heterocycles. The predicted molar refractivity (Wildman–Crippen MR) is 109 cm³/mol. The van der Waals surface area contributed by atoms with Gasteiger partial charge < -0.3 is 15.0 Å². The summed E-state index contributed by atoms with van der Waals surface area (Å²) in [5, 5.41) is 4.50. The quantitative estimate of drug-likeness (QED) is 0.784. The van der Waals surface area contributed by atoms with Gasteiger partial charge in [0.05, 0.1) is 0 Å². The molecule has 144 valence electrons. The first kappa shape index (κ1) is 19.7. The van der Waals surface area contributed by atoms with Crippen molar-refractivity contribution >= 4 is 17.7 Å². The minimum atomic E-state index is -0.221. The highest BCUT2D eigenvalue weighted by atomic mass is 35.5. The average molecular weight is 387 g/mol. The second-order valence-electron chi connectivity index (χ2n) is 7.16. The minimum Gasteiger partial charge on any atom is -0.445 e. The Labute approximate surface area is 166 Å². The van der Waals surface area contributed by atoms with Crippen LogP contribution in [0.15, 0.2) is 54.6 Å². The standard InChI is InChI=1S/C22H27ClN2O2/c1-17(15-19-9-5-6-10-21(19)23)24-20-11-13-25(14-12-20)22(26)27-16-18-7-3-2-4-8-18/h2-10,17,20,24H,11-16H2,1H3. The van der Waals surface area contributed by atoms with Gasteiger partial charge in [0.15, 0.2) is 0 Å². The lowest BCUT2D eigenvalue weighted by Crippen LogP contribution is -2.47. The Morgan fingerprint density at radius 2 is 1.81 bits per heavy atom. The molecule has 1 fully saturated rings. The van der Waals surface area contributed by atoms with Crippen molar-refractivity contribution in [2.24, 2.45) is 0 Å². The maximum atomic E-state index is 12.2. The van der Waals surface area contributed by atoms with Crippen molar-refractivity contribution in [3.63, 3.8) is 0 Å². The van der Waals surface area contributed by atoms with Gasteiger partial charge in [-0.1, -0.05) is 60.1 Å². The molecule has 0 radical (unpaired) electrons. The highest BCUT2D eigenvalue weighted by Crippen LogP contribution is 2.18. The number of hydrogen-bond acceptors (Lipinski definition) is 3. The monoisotopic (exact) mass is 386 g/mol. The van der Waals surface area contributed by atoms with Gasteiger partial charge >= 0.3 is 6.09 Å². The lowest BCUT2D eigenvalue weighted by Gasteiger charge is -2.33. The molecule has 0 saturated carbocycles. The summed E-state index contributed by atoms with van der Waals surface area (Å²) in [6, 6.07) is 18.5. The fourth-order valence-electron chi connectivity index (χ4n) is 3.49. The van der Waals surface area contributed by atoms with E-state index in [1.165, 1.54) is 5.56 Å². The van der Waals surface area contributed by atoms with Crippen molar-refractivity contribution in [2.75, 3.05) is 13.1 Å². The molecule has 2 aromatic rings. The van der Waals surface area contributed by atoms with E-state index < -0.39 is 0 Å². The lowest BCUT2D eigenvalue weighted by molar-refractivity contribution is 0.0847. The zero-order chi connectivity index (χ0) is 19.1. The summed E-state index contributed by atoms with van der Waals surface area (Å²) in [6.45, 7) is 3.96. The van der Waals surface area contributed by atoms with Crippen LogP contribution in [-0.4, -0.2) is 36.2 Å². The Kier molecular flexibility index (Phi) is 7.13. The third-order valence-electron chi connectivity index (χ3n) is 4.96. The Morgan fingerprint density at radius 3 is 2.52 bits per heavy atom. The van der Waals surface area contributed by atoms with Gasteiger partial charge in [-0.15, -0.1) is 0 Å². The summed E-state index contributed by atoms with van der Waals surface area (Å²) < 4.78 is 5.43. The molecule has 1 saturated heterocycles. The molecule has 0 spiro atoms. The molecule has 0 aromatic heterocycles. The van der Waals surface area contributed by atoms with E-state index in [9.17, 15) is 4.79 Å². The van der Waals surface area contributed by atoms with Crippen LogP contribution in [0.3, 0.4) is 0 Å². The van der Waals surface area contributed by atoms with E-state index in [0.717, 1.165) is 42.9 Å². The number of rotatable bonds is 6. The number of nitrogens with one attached hydrogen (secondary N) is 1. The van der Waals surface area contributed by atoms with E-state index >= 15 is 0 Å². The molecular weight excluding hydrogens is 360 g/mol. The molecule has 5 heteroatoms. The van der Waals surface area contributed by atoms with Crippen LogP contribution in [0.1, 0.15) is 30.9 Å². The number of carbonyl (C=O) groups is 1. The van der Waals surface area contributed by atoms with E-state index in [1.54, 1.807) is 4.90 Å². The van der Waals surface area contributed by atoms with Crippen LogP contribution >= 0.6 is 11.6 Å². The summed E-state index contributed by atoms with van der Waals surface area (Å²) in [5.41, 5.74) is 2.18. The molecular formula is C22H27ClN2O2. The van der Waals surface area contributed by atoms with Crippen molar-refractivity contribution in [1.29, 1.82) is 0 Å². The Hall–Kier alpha value is -2.04. The van der Waals surface area contributed by atoms with Gasteiger partial charge in [-0.3, -0.25) is 0 Å². The maximum Gasteiger partial charge on any atom is 0.410 e. The van der Waals surface area contributed by atoms with E-state index in [-0.39, 0.29) is 6.09 Å². The van der Waals surface area contributed by atoms with Crippen LogP contribution in [-0.2, 0) is 17.8 Å². The van der Waals surface area contributed by atoms with Crippen LogP contribution in [0.4, 0.5) is 4.79 Å². The van der Waals surface area contributed by atoms with Crippen molar-refractivity contribution < 1.29 is 9.53 Å². The predicted octanol–water partition coefficient (Wildman–Crippen LogP) is 4.66. The molecule has 1 N–H and O–H groups in total. The number of piperidine rings is 1. The second-order valence-corrected chi connectivity index (χ2v) is 7.57. The number of hydrogen-bond donors (Lipinski definition) is 1. The zero-order valence-electron chi connectivity index (χ0n) is 15.7. The number of nitrogens with zero attached hydrogens (tertiary/aromatic N) is 1. The normalized spacial score (nSPS) is 16.1. The molecule has 2 aromatic carbocycles. The molecule has 1 aliphatic rings. The van der Waals surface area contributed by atoms with Crippen LogP contribution in [0.2, 0.25) is 5.02 Å². The van der Waals surface area contributed by atoms with Gasteiger partial charge in [-0.25, -0.2) is 4.79 Å². The second kappa shape index (κ2) is 9.77. The first-order chi connectivity index (χ1) is 13.1. The van der Waals surface area contributed by atoms with Gasteiger partial charge in [-0.05, 0) is 43.4 Å². The number of carbonyl (C=O) groups excluding carboxylic acids is 1. The van der Waals surface area contributed by atoms with Gasteiger partial charge in [-0.2, -0.15) is 0 Å². The molecule has 27 heavy (non-hydrogen) atoms. The van der Waals surface area contributed by atoms with Gasteiger partial charge in [0.2, 0.25) is 0 Å². The number of likely N-dealkylation sites (tertiary alicyclic amines) is 1. The molecule has 3 rings (SSSR count). The molecule has 0 aliphatic carbocycles. The van der Waals surface area contributed by atoms with Crippen molar-refractivity contribution in [3.8, 4) is 0 Å². The molecule has 0 bridgehead atoms. The third kappa shape index (κ3) is 5.98. The highest BCUT2D eigenvalue weighted by Gasteiger charge is 2.24. The molecule has 4 nitrogen and oxygen atoms in total. The molecule has 1 atom stereocenters. The minimum absolute atomic E-state index is 0.221. The topological polar surface area (TPSA) is 41.6 Å². The fourth-order valence-corrected chi connectivity index (χ4v) is 3.71. The van der Waals surface area contributed by atoms with Crippen LogP contribution in [0, 0.1) is 0 Å². The van der Waals surface area contributed by atoms with Crippen LogP contribution in [0.5, 0.6) is 0 Å². The smallest absolute Gasteiger partial charge is 0.410 e. The SMILES string of the molecule is CC(Cc1ccccc1Cl)NC1CCN(C(=O)OCc2ccccc2)CC1. The highest BCUT2D eigenvalue weighted by molar-refractivity contribution is 6.31. The first-order valence-electron chi connectivity index (χ1n) is 9.57. The Morgan fingerprint density at radius 1 is 1.15 bits per heavy atom. The Balaban J connectivity index is 1.39. The van der Waals surface area contributed by atoms with Crippen molar-refractivity contribution in [1.82, 2.24) is 10.2 Å². The average Bonchev–Trinajstić information content (AvgIpc) is 2.69. The van der Waals surface area contributed by atoms with Crippen LogP contribution < -0.4 is 5.32 Å². The van der Waals surface area contributed by atoms with E-state index in [2.05, 4.69) is 18.3 Å². The number of halogens is 1. The third-order valence-corrected chi connectivity index (χ3v) is 5.33. The maximum absolute atomic E-state index is 12.2. The van der Waals surface area contributed by atoms with E-state index in [0.29, 0.717) is 18.7 Å². The first-order valence-corrected chi connectivity index (χ1v) is 9.94. The van der Waals surface area contributed by atoms with Gasteiger partial charge in [0, 0.05) is 30.2 Å². The summed E-state index contributed by atoms with van der Waals surface area (Å²) in [4.78, 5) is 14.1. The zero-order valence-corrected chi connectivity index (χ0v) is 16.5. The number of benzene rings is 2. The summed E-state index contributed by atoms with van der Waals surface area (Å²) in [6.07, 6.45) is 2.56. The van der Waals surface area contributed by atoms with Crippen LogP contribution in [0.25, 0.3) is 0 Å². The lowest BCUT2D eigenvalue weighted by atomic mass is 10.0. The van der Waals surface area contributed by atoms with E-state index in [4.69, 9.17) is 16.3 Å². The van der Waals surface area contributed by atoms with Crippen molar-refractivity contribution in [3.05, 3.63) is 70.7 Å². The Bertz CT molecular complexity index is 730. The summed E-state index contributed by atoms with van der Waals surface area (Å²) >= 11 is 6.25. The summed E-state index contributed by atoms with van der Waals surface area (Å²) in [5.74, 6) is 0. The van der Waals surface area contributed by atoms with Gasteiger partial charge in [0.1, 0.15) is 6.61 Å². The molecule has 1 amide bonds. The number of ether oxygens (including phenoxy) is 1. The fraction of sp³-hybridized carbons (Fsp3) is 0.409. The van der Waals surface area contributed by atoms with Crippen molar-refractivity contribution in [2.45, 2.75) is 44.9 Å². The summed E-state index contributed by atoms with van der Waals surface area (Å²) in [7, 11) is 0. The largest absolute Gasteiger partial charge is 0.445 e. The molecule has 1 unspecified atom stereocenters.